The maximum absolute atomic E-state index is 4.67. The zero-order valence-corrected chi connectivity index (χ0v) is 17.5. The number of pyridine rings is 4. The van der Waals surface area contributed by atoms with E-state index in [0.29, 0.717) is 0 Å². The molecule has 0 amide bonds. The largest absolute Gasteiger partial charge is 0.325 e. The number of aromatic nitrogens is 4. The van der Waals surface area contributed by atoms with E-state index in [1.165, 1.54) is 0 Å². The Morgan fingerprint density at radius 2 is 0.724 bits per heavy atom. The summed E-state index contributed by atoms with van der Waals surface area (Å²) in [7, 11) is 9.34. The minimum atomic E-state index is 0.757. The van der Waals surface area contributed by atoms with Gasteiger partial charge in [0.1, 0.15) is 23.3 Å². The Kier molecular flexibility index (Phi) is 11.2. The summed E-state index contributed by atoms with van der Waals surface area (Å²) in [5.74, 6) is 3.23. The van der Waals surface area contributed by atoms with E-state index in [-0.39, 0.29) is 0 Å². The van der Waals surface area contributed by atoms with Crippen molar-refractivity contribution in [1.82, 2.24) is 19.9 Å². The van der Waals surface area contributed by atoms with E-state index < -0.39 is 0 Å². The summed E-state index contributed by atoms with van der Waals surface area (Å²) < 4.78 is 0. The summed E-state index contributed by atoms with van der Waals surface area (Å²) in [5, 5.41) is 6.16. The van der Waals surface area contributed by atoms with Gasteiger partial charge in [0.15, 0.2) is 0 Å². The number of rotatable bonds is 4. The Bertz CT molecular complexity index is 751. The number of halogens is 2. The molecule has 4 aromatic rings. The van der Waals surface area contributed by atoms with Crippen LogP contribution in [0.4, 0.5) is 23.3 Å². The number of hydrogen-bond donors (Lipinski definition) is 2. The van der Waals surface area contributed by atoms with Gasteiger partial charge < -0.3 is 10.6 Å². The topological polar surface area (TPSA) is 75.6 Å². The van der Waals surface area contributed by atoms with Crippen LogP contribution in [0.3, 0.4) is 0 Å². The minimum absolute atomic E-state index is 0.757. The molecule has 0 bridgehead atoms. The molecule has 6 nitrogen and oxygen atoms in total. The molecule has 0 aliphatic rings. The van der Waals surface area contributed by atoms with Crippen LogP contribution in [0.25, 0.3) is 0 Å². The van der Waals surface area contributed by atoms with E-state index >= 15 is 0 Å². The van der Waals surface area contributed by atoms with Crippen LogP contribution in [0.1, 0.15) is 0 Å². The van der Waals surface area contributed by atoms with E-state index in [1.807, 2.05) is 72.8 Å². The predicted molar refractivity (Wildman–Crippen MR) is 115 cm³/mol. The summed E-state index contributed by atoms with van der Waals surface area (Å²) in [6, 6.07) is 22.8. The zero-order chi connectivity index (χ0) is 20.6. The predicted octanol–water partition coefficient (Wildman–Crippen LogP) is 5.82. The van der Waals surface area contributed by atoms with E-state index in [0.717, 1.165) is 36.4 Å². The van der Waals surface area contributed by atoms with E-state index in [9.17, 15) is 0 Å². The fourth-order valence-corrected chi connectivity index (χ4v) is 2.01. The van der Waals surface area contributed by atoms with Crippen molar-refractivity contribution in [3.63, 3.8) is 0 Å². The summed E-state index contributed by atoms with van der Waals surface area (Å²) in [6.45, 7) is 0. The average Bonchev–Trinajstić information content (AvgIpc) is 2.78. The van der Waals surface area contributed by atoms with Gasteiger partial charge in [0.25, 0.3) is 0 Å². The molecule has 0 aliphatic carbocycles. The number of nitrogens with one attached hydrogen (secondary N) is 2. The Morgan fingerprint density at radius 1 is 0.483 bits per heavy atom. The molecule has 0 unspecified atom stereocenters. The molecule has 9 heteroatoms. The standard InChI is InChI=1S/2C10H9N3.2ClH.Cu/c2*1-3-7-11-9(5-1)13-10-6-2-4-8-12-10;;;/h2*1-8H,(H,11,12,13);2*1H;/q;;;;+2/p-2. The van der Waals surface area contributed by atoms with Gasteiger partial charge >= 0.3 is 33.3 Å². The normalized spacial score (nSPS) is 9.31. The van der Waals surface area contributed by atoms with Crippen molar-refractivity contribution in [2.45, 2.75) is 0 Å². The third-order valence-electron chi connectivity index (χ3n) is 3.17. The van der Waals surface area contributed by atoms with Crippen molar-refractivity contribution >= 4 is 43.5 Å². The van der Waals surface area contributed by atoms with Crippen LogP contribution in [0, 0.1) is 0 Å². The minimum Gasteiger partial charge on any atom is -0.325 e. The summed E-state index contributed by atoms with van der Waals surface area (Å²) in [4.78, 5) is 16.5. The molecular formula is C20H18Cl2CuN6. The van der Waals surface area contributed by atoms with Gasteiger partial charge in [-0.05, 0) is 48.5 Å². The number of nitrogens with zero attached hydrogens (tertiary/aromatic N) is 4. The van der Waals surface area contributed by atoms with Gasteiger partial charge in [-0.15, -0.1) is 0 Å². The maximum atomic E-state index is 4.67. The fraction of sp³-hybridized carbons (Fsp3) is 0. The molecule has 0 spiro atoms. The fourth-order valence-electron chi connectivity index (χ4n) is 2.01. The first-order valence-corrected chi connectivity index (χ1v) is 10.9. The van der Waals surface area contributed by atoms with E-state index in [4.69, 9.17) is 0 Å². The Morgan fingerprint density at radius 3 is 0.897 bits per heavy atom. The van der Waals surface area contributed by atoms with Crippen LogP contribution in [-0.2, 0) is 13.1 Å². The zero-order valence-electron chi connectivity index (χ0n) is 15.1. The van der Waals surface area contributed by atoms with Crippen LogP contribution < -0.4 is 10.6 Å². The Balaban J connectivity index is 0.000000183. The van der Waals surface area contributed by atoms with Crippen LogP contribution in [-0.4, -0.2) is 19.9 Å². The summed E-state index contributed by atoms with van der Waals surface area (Å²) in [6.07, 6.45) is 6.97. The Labute approximate surface area is 184 Å². The second-order valence-electron chi connectivity index (χ2n) is 5.15. The van der Waals surface area contributed by atoms with Crippen LogP contribution >= 0.6 is 20.2 Å². The smallest absolute Gasteiger partial charge is 0.131 e. The molecule has 0 saturated carbocycles. The van der Waals surface area contributed by atoms with Gasteiger partial charge in [-0.3, -0.25) is 0 Å². The van der Waals surface area contributed by atoms with Crippen molar-refractivity contribution in [1.29, 1.82) is 0 Å². The van der Waals surface area contributed by atoms with E-state index in [2.05, 4.69) is 50.8 Å². The van der Waals surface area contributed by atoms with Crippen molar-refractivity contribution < 1.29 is 13.1 Å². The molecule has 0 fully saturated rings. The monoisotopic (exact) mass is 475 g/mol. The third kappa shape index (κ3) is 9.87. The second kappa shape index (κ2) is 14.3. The molecule has 0 saturated heterocycles. The maximum Gasteiger partial charge on any atom is 0.131 e. The quantitative estimate of drug-likeness (QED) is 0.362. The third-order valence-corrected chi connectivity index (χ3v) is 3.17. The van der Waals surface area contributed by atoms with Crippen molar-refractivity contribution in [3.8, 4) is 0 Å². The molecule has 2 N–H and O–H groups in total. The van der Waals surface area contributed by atoms with Gasteiger partial charge in [0.05, 0.1) is 0 Å². The first-order valence-electron chi connectivity index (χ1n) is 8.31. The van der Waals surface area contributed by atoms with Gasteiger partial charge in [-0.2, -0.15) is 0 Å². The molecule has 0 atom stereocenters. The Hall–Kier alpha value is -2.70. The van der Waals surface area contributed by atoms with Gasteiger partial charge in [0, 0.05) is 24.8 Å². The van der Waals surface area contributed by atoms with E-state index in [1.54, 1.807) is 24.8 Å². The van der Waals surface area contributed by atoms with Crippen LogP contribution in [0.5, 0.6) is 0 Å². The number of anilines is 4. The van der Waals surface area contributed by atoms with Crippen LogP contribution in [0.2, 0.25) is 0 Å². The molecule has 4 rings (SSSR count). The molecule has 29 heavy (non-hydrogen) atoms. The average molecular weight is 477 g/mol. The molecule has 0 aliphatic heterocycles. The first-order chi connectivity index (χ1) is 14.3. The summed E-state index contributed by atoms with van der Waals surface area (Å²) >= 11 is 0.757. The summed E-state index contributed by atoms with van der Waals surface area (Å²) in [5.41, 5.74) is 0. The van der Waals surface area contributed by atoms with Crippen molar-refractivity contribution in [2.24, 2.45) is 0 Å². The molecule has 4 aromatic heterocycles. The first kappa shape index (κ1) is 22.6. The van der Waals surface area contributed by atoms with Gasteiger partial charge in [-0.25, -0.2) is 19.9 Å². The SMILES string of the molecule is [Cl][Cu][Cl].c1ccc(Nc2ccccn2)nc1.c1ccc(Nc2ccccn2)nc1. The van der Waals surface area contributed by atoms with Gasteiger partial charge in [0.2, 0.25) is 0 Å². The number of hydrogen-bond acceptors (Lipinski definition) is 6. The molecule has 0 radical (unpaired) electrons. The molecule has 153 valence electrons. The van der Waals surface area contributed by atoms with Gasteiger partial charge in [-0.1, -0.05) is 24.3 Å². The molecule has 4 heterocycles. The molecular weight excluding hydrogens is 459 g/mol. The molecule has 0 aromatic carbocycles. The van der Waals surface area contributed by atoms with Crippen molar-refractivity contribution in [3.05, 3.63) is 97.6 Å². The van der Waals surface area contributed by atoms with Crippen LogP contribution in [0.15, 0.2) is 97.6 Å². The van der Waals surface area contributed by atoms with Crippen molar-refractivity contribution in [2.75, 3.05) is 10.6 Å². The second-order valence-corrected chi connectivity index (χ2v) is 6.71.